The number of hydrogen-bond acceptors (Lipinski definition) is 1. The minimum absolute atomic E-state index is 0.0509. The first-order valence-corrected chi connectivity index (χ1v) is 19.2. The normalized spacial score (nSPS) is 14.3. The van der Waals surface area contributed by atoms with Crippen molar-refractivity contribution in [1.82, 2.24) is 0 Å². The Kier molecular flexibility index (Phi) is 7.70. The van der Waals surface area contributed by atoms with E-state index in [1.807, 2.05) is 0 Å². The van der Waals surface area contributed by atoms with Crippen molar-refractivity contribution in [2.24, 2.45) is 0 Å². The van der Waals surface area contributed by atoms with Crippen LogP contribution in [0, 0.1) is 0 Å². The van der Waals surface area contributed by atoms with E-state index in [4.69, 9.17) is 0 Å². The van der Waals surface area contributed by atoms with E-state index >= 15 is 0 Å². The van der Waals surface area contributed by atoms with Gasteiger partial charge in [-0.05, 0) is 121 Å². The summed E-state index contributed by atoms with van der Waals surface area (Å²) in [7, 11) is 0. The van der Waals surface area contributed by atoms with Gasteiger partial charge >= 0.3 is 0 Å². The highest BCUT2D eigenvalue weighted by atomic mass is 15.1. The van der Waals surface area contributed by atoms with Crippen LogP contribution in [0.5, 0.6) is 0 Å². The van der Waals surface area contributed by atoms with E-state index in [0.29, 0.717) is 0 Å². The van der Waals surface area contributed by atoms with Gasteiger partial charge in [-0.1, -0.05) is 166 Å². The SMILES string of the molecule is CC1(C)C2=C(CCC=C2)c2c1cc1ccccc1c2-c1ccc(N(c2ccc(-c3ccccc3)cc2)c2ccc(-c3ccccc3)cc2)c2ccccc12. The van der Waals surface area contributed by atoms with E-state index in [1.165, 1.54) is 77.2 Å². The fourth-order valence-corrected chi connectivity index (χ4v) is 9.08. The molecule has 0 fully saturated rings. The lowest BCUT2D eigenvalue weighted by molar-refractivity contribution is 0.652. The molecule has 0 unspecified atom stereocenters. The zero-order chi connectivity index (χ0) is 36.2. The summed E-state index contributed by atoms with van der Waals surface area (Å²) >= 11 is 0. The van der Waals surface area contributed by atoms with E-state index in [9.17, 15) is 0 Å². The maximum atomic E-state index is 2.47. The van der Waals surface area contributed by atoms with Gasteiger partial charge in [0.2, 0.25) is 0 Å². The topological polar surface area (TPSA) is 3.24 Å². The summed E-state index contributed by atoms with van der Waals surface area (Å²) in [6.07, 6.45) is 6.93. The van der Waals surface area contributed by atoms with Crippen molar-refractivity contribution in [3.05, 3.63) is 205 Å². The van der Waals surface area contributed by atoms with Gasteiger partial charge < -0.3 is 4.90 Å². The molecule has 0 saturated heterocycles. The molecule has 8 aromatic rings. The second-order valence-corrected chi connectivity index (χ2v) is 15.2. The summed E-state index contributed by atoms with van der Waals surface area (Å²) in [5, 5.41) is 5.11. The van der Waals surface area contributed by atoms with E-state index < -0.39 is 0 Å². The van der Waals surface area contributed by atoms with E-state index in [-0.39, 0.29) is 5.41 Å². The smallest absolute Gasteiger partial charge is 0.0540 e. The van der Waals surface area contributed by atoms with Gasteiger partial charge in [0.05, 0.1) is 5.69 Å². The van der Waals surface area contributed by atoms with E-state index in [0.717, 1.165) is 29.9 Å². The fraction of sp³-hybridized carbons (Fsp3) is 0.0943. The second-order valence-electron chi connectivity index (χ2n) is 15.2. The van der Waals surface area contributed by atoms with Crippen molar-refractivity contribution >= 4 is 44.2 Å². The average Bonchev–Trinajstić information content (AvgIpc) is 3.46. The standard InChI is InChI=1S/C53H41N/c1-53(2)48-24-14-13-23-47(48)52-49(53)35-40-19-9-10-20-43(40)51(52)46-33-34-50(45-22-12-11-21-44(45)46)54(41-29-25-38(26-30-41)36-15-5-3-6-16-36)42-31-27-39(28-32-42)37-17-7-4-8-18-37/h3-12,14-22,24-35H,13,23H2,1-2H3. The van der Waals surface area contributed by atoms with Gasteiger partial charge in [0, 0.05) is 22.2 Å². The van der Waals surface area contributed by atoms with Gasteiger partial charge in [0.15, 0.2) is 0 Å². The van der Waals surface area contributed by atoms with Gasteiger partial charge in [0.1, 0.15) is 0 Å². The number of allylic oxidation sites excluding steroid dienone is 4. The van der Waals surface area contributed by atoms with Gasteiger partial charge in [-0.25, -0.2) is 0 Å². The van der Waals surface area contributed by atoms with E-state index in [1.54, 1.807) is 0 Å². The summed E-state index contributed by atoms with van der Waals surface area (Å²) in [4.78, 5) is 2.43. The van der Waals surface area contributed by atoms with Crippen LogP contribution in [-0.2, 0) is 5.41 Å². The highest BCUT2D eigenvalue weighted by Crippen LogP contribution is 2.56. The van der Waals surface area contributed by atoms with Gasteiger partial charge in [-0.3, -0.25) is 0 Å². The highest BCUT2D eigenvalue weighted by Gasteiger charge is 2.39. The summed E-state index contributed by atoms with van der Waals surface area (Å²) < 4.78 is 0. The van der Waals surface area contributed by atoms with Crippen LogP contribution in [0.4, 0.5) is 17.1 Å². The molecule has 2 aliphatic carbocycles. The average molecular weight is 692 g/mol. The molecule has 2 aliphatic rings. The first kappa shape index (κ1) is 32.2. The quantitative estimate of drug-likeness (QED) is 0.168. The lowest BCUT2D eigenvalue weighted by Crippen LogP contribution is -2.16. The molecule has 0 heterocycles. The summed E-state index contributed by atoms with van der Waals surface area (Å²) in [6.45, 7) is 4.82. The Hall–Kier alpha value is -6.44. The van der Waals surface area contributed by atoms with Crippen LogP contribution in [-0.4, -0.2) is 0 Å². The van der Waals surface area contributed by atoms with Crippen molar-refractivity contribution < 1.29 is 0 Å². The van der Waals surface area contributed by atoms with Crippen LogP contribution in [0.3, 0.4) is 0 Å². The van der Waals surface area contributed by atoms with Crippen molar-refractivity contribution in [2.45, 2.75) is 32.1 Å². The molecular formula is C53H41N. The molecule has 0 bridgehead atoms. The molecule has 0 atom stereocenters. The number of nitrogens with zero attached hydrogens (tertiary/aromatic N) is 1. The molecule has 0 saturated carbocycles. The van der Waals surface area contributed by atoms with Crippen LogP contribution >= 0.6 is 0 Å². The van der Waals surface area contributed by atoms with Gasteiger partial charge in [-0.15, -0.1) is 0 Å². The summed E-state index contributed by atoms with van der Waals surface area (Å²) in [6, 6.07) is 64.6. The van der Waals surface area contributed by atoms with Crippen molar-refractivity contribution in [3.8, 4) is 33.4 Å². The lowest BCUT2D eigenvalue weighted by Gasteiger charge is -2.28. The van der Waals surface area contributed by atoms with E-state index in [2.05, 4.69) is 207 Å². The summed E-state index contributed by atoms with van der Waals surface area (Å²) in [5.41, 5.74) is 16.7. The van der Waals surface area contributed by atoms with Crippen LogP contribution in [0.15, 0.2) is 194 Å². The first-order chi connectivity index (χ1) is 26.6. The number of anilines is 3. The Balaban J connectivity index is 1.19. The number of benzene rings is 8. The molecule has 0 aliphatic heterocycles. The molecule has 10 rings (SSSR count). The fourth-order valence-electron chi connectivity index (χ4n) is 9.08. The molecule has 54 heavy (non-hydrogen) atoms. The third-order valence-corrected chi connectivity index (χ3v) is 11.7. The molecule has 8 aromatic carbocycles. The molecule has 0 aromatic heterocycles. The second kappa shape index (κ2) is 12.9. The zero-order valence-electron chi connectivity index (χ0n) is 30.8. The van der Waals surface area contributed by atoms with Crippen LogP contribution in [0.25, 0.3) is 60.5 Å². The predicted molar refractivity (Wildman–Crippen MR) is 231 cm³/mol. The first-order valence-electron chi connectivity index (χ1n) is 19.2. The number of rotatable bonds is 6. The minimum Gasteiger partial charge on any atom is -0.310 e. The predicted octanol–water partition coefficient (Wildman–Crippen LogP) is 14.9. The van der Waals surface area contributed by atoms with Gasteiger partial charge in [0.25, 0.3) is 0 Å². The maximum absolute atomic E-state index is 2.47. The van der Waals surface area contributed by atoms with Crippen molar-refractivity contribution in [1.29, 1.82) is 0 Å². The molecule has 0 spiro atoms. The molecule has 0 N–H and O–H groups in total. The Morgan fingerprint density at radius 1 is 0.481 bits per heavy atom. The van der Waals surface area contributed by atoms with Crippen LogP contribution < -0.4 is 4.90 Å². The Morgan fingerprint density at radius 3 is 1.65 bits per heavy atom. The molecule has 258 valence electrons. The third kappa shape index (κ3) is 5.23. The van der Waals surface area contributed by atoms with Crippen LogP contribution in [0.2, 0.25) is 0 Å². The summed E-state index contributed by atoms with van der Waals surface area (Å²) in [5.74, 6) is 0. The largest absolute Gasteiger partial charge is 0.310 e. The Labute approximate surface area is 318 Å². The molecule has 0 radical (unpaired) electrons. The molecule has 0 amide bonds. The monoisotopic (exact) mass is 691 g/mol. The van der Waals surface area contributed by atoms with Crippen molar-refractivity contribution in [2.75, 3.05) is 4.90 Å². The third-order valence-electron chi connectivity index (χ3n) is 11.7. The highest BCUT2D eigenvalue weighted by molar-refractivity contribution is 6.14. The zero-order valence-corrected chi connectivity index (χ0v) is 30.8. The molecular weight excluding hydrogens is 651 g/mol. The van der Waals surface area contributed by atoms with Crippen LogP contribution in [0.1, 0.15) is 37.8 Å². The molecule has 1 nitrogen and oxygen atoms in total. The minimum atomic E-state index is -0.0509. The Morgan fingerprint density at radius 2 is 1.02 bits per heavy atom. The molecule has 1 heteroatoms. The Bertz CT molecular complexity index is 2670. The number of hydrogen-bond donors (Lipinski definition) is 0. The maximum Gasteiger partial charge on any atom is 0.0540 e. The number of fused-ring (bicyclic) bond motifs is 4. The van der Waals surface area contributed by atoms with Gasteiger partial charge in [-0.2, -0.15) is 0 Å². The lowest BCUT2D eigenvalue weighted by atomic mass is 9.78. The van der Waals surface area contributed by atoms with Crippen molar-refractivity contribution in [3.63, 3.8) is 0 Å².